The second kappa shape index (κ2) is 11.3. The number of nitrogens with zero attached hydrogens (tertiary/aromatic N) is 1. The molecule has 0 saturated heterocycles. The molecule has 51 heavy (non-hydrogen) atoms. The van der Waals surface area contributed by atoms with Gasteiger partial charge in [-0.2, -0.15) is 0 Å². The third-order valence-corrected chi connectivity index (χ3v) is 12.8. The minimum absolute atomic E-state index is 1.22. The molecule has 0 unspecified atom stereocenters. The van der Waals surface area contributed by atoms with Crippen LogP contribution in [0.25, 0.3) is 101 Å². The molecule has 0 aliphatic rings. The van der Waals surface area contributed by atoms with Crippen LogP contribution in [0.1, 0.15) is 0 Å². The number of hydrogen-bond acceptors (Lipinski definition) is 2. The molecule has 0 amide bonds. The number of thiophene rings is 2. The molecule has 8 aromatic carbocycles. The van der Waals surface area contributed by atoms with Gasteiger partial charge in [-0.1, -0.05) is 133 Å². The molecule has 0 N–H and O–H groups in total. The molecular weight excluding hydrogens is 655 g/mol. The molecule has 0 fully saturated rings. The Kier molecular flexibility index (Phi) is 6.36. The topological polar surface area (TPSA) is 4.93 Å². The number of hydrogen-bond donors (Lipinski definition) is 0. The molecule has 11 rings (SSSR count). The predicted octanol–water partition coefficient (Wildman–Crippen LogP) is 14.5. The molecular formula is C48H29NS2. The van der Waals surface area contributed by atoms with Crippen LogP contribution >= 0.6 is 22.7 Å². The monoisotopic (exact) mass is 683 g/mol. The van der Waals surface area contributed by atoms with Gasteiger partial charge in [-0.3, -0.25) is 0 Å². The number of benzene rings is 8. The summed E-state index contributed by atoms with van der Waals surface area (Å²) in [6.45, 7) is 0. The van der Waals surface area contributed by atoms with Gasteiger partial charge in [0, 0.05) is 52.0 Å². The van der Waals surface area contributed by atoms with E-state index in [9.17, 15) is 0 Å². The van der Waals surface area contributed by atoms with Gasteiger partial charge in [-0.05, 0) is 70.3 Å². The van der Waals surface area contributed by atoms with Crippen molar-refractivity contribution in [1.82, 2.24) is 4.57 Å². The van der Waals surface area contributed by atoms with Crippen molar-refractivity contribution in [1.29, 1.82) is 0 Å². The molecule has 0 spiro atoms. The first kappa shape index (κ1) is 28.8. The Morgan fingerprint density at radius 2 is 1.02 bits per heavy atom. The average Bonchev–Trinajstić information content (AvgIpc) is 3.88. The minimum Gasteiger partial charge on any atom is -0.308 e. The SMILES string of the molecule is c1ccc(-c2ccc3c4ccccc4n(-c4cccc5c4sc4c(-c6ccccc6)cc(-c6cccc7sc8ccccc8c67)cc45)c3c2)cc1. The third kappa shape index (κ3) is 4.39. The van der Waals surface area contributed by atoms with E-state index in [1.807, 2.05) is 22.7 Å². The van der Waals surface area contributed by atoms with E-state index < -0.39 is 0 Å². The molecule has 0 bridgehead atoms. The fraction of sp³-hybridized carbons (Fsp3) is 0. The highest BCUT2D eigenvalue weighted by atomic mass is 32.1. The number of fused-ring (bicyclic) bond motifs is 9. The van der Waals surface area contributed by atoms with Crippen LogP contribution in [0.3, 0.4) is 0 Å². The van der Waals surface area contributed by atoms with Crippen molar-refractivity contribution in [3.8, 4) is 39.1 Å². The number of rotatable bonds is 4. The van der Waals surface area contributed by atoms with E-state index in [0.29, 0.717) is 0 Å². The highest BCUT2D eigenvalue weighted by Gasteiger charge is 2.20. The largest absolute Gasteiger partial charge is 0.308 e. The van der Waals surface area contributed by atoms with Crippen molar-refractivity contribution in [2.24, 2.45) is 0 Å². The Hall–Kier alpha value is -6.00. The lowest BCUT2D eigenvalue weighted by atomic mass is 9.93. The third-order valence-electron chi connectivity index (χ3n) is 10.4. The van der Waals surface area contributed by atoms with Crippen LogP contribution in [0.15, 0.2) is 176 Å². The summed E-state index contributed by atoms with van der Waals surface area (Å²) in [5.41, 5.74) is 11.2. The second-order valence-electron chi connectivity index (χ2n) is 13.2. The van der Waals surface area contributed by atoms with Gasteiger partial charge in [0.05, 0.1) is 21.4 Å². The van der Waals surface area contributed by atoms with Crippen LogP contribution in [0.5, 0.6) is 0 Å². The maximum Gasteiger partial charge on any atom is 0.0640 e. The summed E-state index contributed by atoms with van der Waals surface area (Å²) in [5.74, 6) is 0. The lowest BCUT2D eigenvalue weighted by Gasteiger charge is -2.11. The van der Waals surface area contributed by atoms with E-state index in [1.165, 1.54) is 101 Å². The van der Waals surface area contributed by atoms with E-state index in [-0.39, 0.29) is 0 Å². The van der Waals surface area contributed by atoms with Gasteiger partial charge in [0.2, 0.25) is 0 Å². The van der Waals surface area contributed by atoms with Crippen LogP contribution in [0.4, 0.5) is 0 Å². The summed E-state index contributed by atoms with van der Waals surface area (Å²) >= 11 is 3.80. The van der Waals surface area contributed by atoms with Crippen LogP contribution in [0.2, 0.25) is 0 Å². The average molecular weight is 684 g/mol. The van der Waals surface area contributed by atoms with Crippen LogP contribution in [-0.4, -0.2) is 4.57 Å². The molecule has 238 valence electrons. The van der Waals surface area contributed by atoms with Gasteiger partial charge < -0.3 is 4.57 Å². The van der Waals surface area contributed by atoms with Crippen molar-refractivity contribution < 1.29 is 0 Å². The molecule has 0 aliphatic heterocycles. The molecule has 1 nitrogen and oxygen atoms in total. The Morgan fingerprint density at radius 1 is 0.333 bits per heavy atom. The standard InChI is InChI=1S/C48H29NS2/c1-3-13-30(14-4-1)32-25-26-36-35-17-7-9-21-41(35)49(43(36)29-32)42-22-11-20-37-40-28-33(27-39(47(40)51-48(37)42)31-15-5-2-6-16-31)34-19-12-24-45-46(34)38-18-8-10-23-44(38)50-45/h1-29H. The molecule has 0 atom stereocenters. The Labute approximate surface area is 302 Å². The van der Waals surface area contributed by atoms with Gasteiger partial charge in [0.25, 0.3) is 0 Å². The van der Waals surface area contributed by atoms with E-state index in [1.54, 1.807) is 0 Å². The first-order valence-corrected chi connectivity index (χ1v) is 19.0. The zero-order valence-electron chi connectivity index (χ0n) is 27.5. The normalized spacial score (nSPS) is 11.9. The first-order valence-electron chi connectivity index (χ1n) is 17.3. The van der Waals surface area contributed by atoms with Crippen molar-refractivity contribution in [3.63, 3.8) is 0 Å². The van der Waals surface area contributed by atoms with Gasteiger partial charge in [-0.15, -0.1) is 22.7 Å². The zero-order chi connectivity index (χ0) is 33.5. The molecule has 3 heterocycles. The molecule has 3 aromatic heterocycles. The van der Waals surface area contributed by atoms with Crippen molar-refractivity contribution in [2.45, 2.75) is 0 Å². The summed E-state index contributed by atoms with van der Waals surface area (Å²) in [5, 5.41) is 7.80. The Morgan fingerprint density at radius 3 is 1.88 bits per heavy atom. The molecule has 0 radical (unpaired) electrons. The Bertz CT molecular complexity index is 3130. The predicted molar refractivity (Wildman–Crippen MR) is 223 cm³/mol. The lowest BCUT2D eigenvalue weighted by molar-refractivity contribution is 1.20. The van der Waals surface area contributed by atoms with Crippen molar-refractivity contribution >= 4 is 84.8 Å². The lowest BCUT2D eigenvalue weighted by Crippen LogP contribution is -1.94. The van der Waals surface area contributed by atoms with E-state index in [0.717, 1.165) is 0 Å². The van der Waals surface area contributed by atoms with Crippen molar-refractivity contribution in [2.75, 3.05) is 0 Å². The highest BCUT2D eigenvalue weighted by Crippen LogP contribution is 2.48. The summed E-state index contributed by atoms with van der Waals surface area (Å²) in [4.78, 5) is 0. The first-order chi connectivity index (χ1) is 25.3. The zero-order valence-corrected chi connectivity index (χ0v) is 29.1. The summed E-state index contributed by atoms with van der Waals surface area (Å²) in [6.07, 6.45) is 0. The number of para-hydroxylation sites is 1. The molecule has 11 aromatic rings. The van der Waals surface area contributed by atoms with Crippen LogP contribution < -0.4 is 0 Å². The van der Waals surface area contributed by atoms with Gasteiger partial charge in [-0.25, -0.2) is 0 Å². The fourth-order valence-corrected chi connectivity index (χ4v) is 10.6. The summed E-state index contributed by atoms with van der Waals surface area (Å²) < 4.78 is 7.77. The van der Waals surface area contributed by atoms with Crippen LogP contribution in [0, 0.1) is 0 Å². The smallest absolute Gasteiger partial charge is 0.0640 e. The van der Waals surface area contributed by atoms with E-state index in [4.69, 9.17) is 0 Å². The molecule has 0 saturated carbocycles. The van der Waals surface area contributed by atoms with Gasteiger partial charge >= 0.3 is 0 Å². The highest BCUT2D eigenvalue weighted by molar-refractivity contribution is 7.27. The second-order valence-corrected chi connectivity index (χ2v) is 15.4. The fourth-order valence-electron chi connectivity index (χ4n) is 8.10. The minimum atomic E-state index is 1.22. The summed E-state index contributed by atoms with van der Waals surface area (Å²) in [6, 6.07) is 64.8. The molecule has 0 aliphatic carbocycles. The van der Waals surface area contributed by atoms with Gasteiger partial charge in [0.1, 0.15) is 0 Å². The number of aromatic nitrogens is 1. The maximum absolute atomic E-state index is 2.50. The summed E-state index contributed by atoms with van der Waals surface area (Å²) in [7, 11) is 0. The Balaban J connectivity index is 1.23. The maximum atomic E-state index is 2.50. The van der Waals surface area contributed by atoms with Gasteiger partial charge in [0.15, 0.2) is 0 Å². The quantitative estimate of drug-likeness (QED) is 0.174. The van der Waals surface area contributed by atoms with Crippen LogP contribution in [-0.2, 0) is 0 Å². The van der Waals surface area contributed by atoms with Crippen molar-refractivity contribution in [3.05, 3.63) is 176 Å². The molecule has 3 heteroatoms. The van der Waals surface area contributed by atoms with E-state index in [2.05, 4.69) is 180 Å². The van der Waals surface area contributed by atoms with E-state index >= 15 is 0 Å².